The fraction of sp³-hybridized carbons (Fsp3) is 0.933. The summed E-state index contributed by atoms with van der Waals surface area (Å²) in [6.07, 6.45) is 11.8. The first-order chi connectivity index (χ1) is 8.72. The molecule has 0 saturated heterocycles. The van der Waals surface area contributed by atoms with E-state index in [0.717, 1.165) is 25.8 Å². The Kier molecular flexibility index (Phi) is 7.33. The molecule has 0 heterocycles. The van der Waals surface area contributed by atoms with Crippen LogP contribution in [0.3, 0.4) is 0 Å². The summed E-state index contributed by atoms with van der Waals surface area (Å²) < 4.78 is 0. The number of rotatable bonds is 10. The largest absolute Gasteiger partial charge is 0.356 e. The molecule has 0 unspecified atom stereocenters. The maximum Gasteiger partial charge on any atom is 0.220 e. The lowest BCUT2D eigenvalue weighted by Crippen LogP contribution is -2.42. The average molecular weight is 254 g/mol. The van der Waals surface area contributed by atoms with Crippen LogP contribution in [0, 0.1) is 5.41 Å². The maximum atomic E-state index is 11.8. The molecule has 3 N–H and O–H groups in total. The number of hydrogen-bond acceptors (Lipinski definition) is 2. The van der Waals surface area contributed by atoms with Crippen molar-refractivity contribution in [2.45, 2.75) is 71.1 Å². The van der Waals surface area contributed by atoms with Gasteiger partial charge in [-0.15, -0.1) is 0 Å². The third-order valence-electron chi connectivity index (χ3n) is 4.24. The molecule has 0 spiro atoms. The zero-order valence-corrected chi connectivity index (χ0v) is 12.0. The predicted octanol–water partition coefficient (Wildman–Crippen LogP) is 2.98. The normalized spacial score (nSPS) is 17.2. The standard InChI is InChI=1S/C15H30N2O/c1-2-3-4-5-6-7-11-17-14(18)12-15(13-16)9-8-10-15/h2-13,16H2,1H3,(H,17,18). The molecule has 0 aromatic heterocycles. The van der Waals surface area contributed by atoms with Crippen molar-refractivity contribution in [2.24, 2.45) is 11.1 Å². The molecule has 3 heteroatoms. The quantitative estimate of drug-likeness (QED) is 0.589. The van der Waals surface area contributed by atoms with Gasteiger partial charge in [-0.1, -0.05) is 45.4 Å². The number of hydrogen-bond donors (Lipinski definition) is 2. The highest BCUT2D eigenvalue weighted by molar-refractivity contribution is 5.76. The molecule has 1 aliphatic rings. The molecule has 18 heavy (non-hydrogen) atoms. The molecule has 1 amide bonds. The summed E-state index contributed by atoms with van der Waals surface area (Å²) in [5.74, 6) is 0.203. The van der Waals surface area contributed by atoms with Gasteiger partial charge in [0.2, 0.25) is 5.91 Å². The highest BCUT2D eigenvalue weighted by Crippen LogP contribution is 2.42. The third-order valence-corrected chi connectivity index (χ3v) is 4.24. The Labute approximate surface area is 112 Å². The van der Waals surface area contributed by atoms with Crippen LogP contribution in [0.1, 0.15) is 71.1 Å². The van der Waals surface area contributed by atoms with Crippen LogP contribution in [0.5, 0.6) is 0 Å². The van der Waals surface area contributed by atoms with E-state index >= 15 is 0 Å². The Bertz CT molecular complexity index is 231. The Hall–Kier alpha value is -0.570. The number of carbonyl (C=O) groups excluding carboxylic acids is 1. The first kappa shape index (κ1) is 15.5. The van der Waals surface area contributed by atoms with Gasteiger partial charge in [0, 0.05) is 13.0 Å². The lowest BCUT2D eigenvalue weighted by atomic mass is 9.66. The summed E-state index contributed by atoms with van der Waals surface area (Å²) in [7, 11) is 0. The van der Waals surface area contributed by atoms with Gasteiger partial charge >= 0.3 is 0 Å². The molecular weight excluding hydrogens is 224 g/mol. The van der Waals surface area contributed by atoms with E-state index in [1.807, 2.05) is 0 Å². The molecule has 3 nitrogen and oxygen atoms in total. The predicted molar refractivity (Wildman–Crippen MR) is 76.3 cm³/mol. The second kappa shape index (κ2) is 8.52. The molecule has 1 fully saturated rings. The maximum absolute atomic E-state index is 11.8. The van der Waals surface area contributed by atoms with Gasteiger partial charge in [-0.3, -0.25) is 4.79 Å². The third kappa shape index (κ3) is 5.38. The van der Waals surface area contributed by atoms with Gasteiger partial charge in [-0.05, 0) is 31.2 Å². The van der Waals surface area contributed by atoms with Gasteiger partial charge in [-0.25, -0.2) is 0 Å². The summed E-state index contributed by atoms with van der Waals surface area (Å²) in [6, 6.07) is 0. The number of carbonyl (C=O) groups is 1. The Balaban J connectivity index is 1.97. The lowest BCUT2D eigenvalue weighted by molar-refractivity contribution is -0.124. The van der Waals surface area contributed by atoms with E-state index in [2.05, 4.69) is 12.2 Å². The van der Waals surface area contributed by atoms with Crippen LogP contribution in [0.25, 0.3) is 0 Å². The fourth-order valence-electron chi connectivity index (χ4n) is 2.67. The van der Waals surface area contributed by atoms with Crippen molar-refractivity contribution >= 4 is 5.91 Å². The van der Waals surface area contributed by atoms with E-state index in [9.17, 15) is 4.79 Å². The summed E-state index contributed by atoms with van der Waals surface area (Å²) in [5.41, 5.74) is 5.90. The minimum atomic E-state index is 0.144. The van der Waals surface area contributed by atoms with Crippen LogP contribution in [-0.4, -0.2) is 19.0 Å². The fourth-order valence-corrected chi connectivity index (χ4v) is 2.67. The van der Waals surface area contributed by atoms with E-state index in [0.29, 0.717) is 13.0 Å². The topological polar surface area (TPSA) is 55.1 Å². The highest BCUT2D eigenvalue weighted by Gasteiger charge is 2.37. The van der Waals surface area contributed by atoms with E-state index in [-0.39, 0.29) is 11.3 Å². The van der Waals surface area contributed by atoms with Gasteiger partial charge in [0.1, 0.15) is 0 Å². The van der Waals surface area contributed by atoms with Crippen LogP contribution in [0.2, 0.25) is 0 Å². The Morgan fingerprint density at radius 1 is 1.17 bits per heavy atom. The van der Waals surface area contributed by atoms with Crippen LogP contribution in [-0.2, 0) is 4.79 Å². The second-order valence-electron chi connectivity index (χ2n) is 5.85. The monoisotopic (exact) mass is 254 g/mol. The van der Waals surface area contributed by atoms with Crippen LogP contribution >= 0.6 is 0 Å². The zero-order chi connectivity index (χ0) is 13.3. The van der Waals surface area contributed by atoms with E-state index in [4.69, 9.17) is 5.73 Å². The number of amides is 1. The molecule has 1 aliphatic carbocycles. The number of unbranched alkanes of at least 4 members (excludes halogenated alkanes) is 5. The second-order valence-corrected chi connectivity index (χ2v) is 5.85. The minimum absolute atomic E-state index is 0.144. The zero-order valence-electron chi connectivity index (χ0n) is 12.0. The highest BCUT2D eigenvalue weighted by atomic mass is 16.1. The Morgan fingerprint density at radius 2 is 1.83 bits per heavy atom. The van der Waals surface area contributed by atoms with Crippen molar-refractivity contribution in [1.29, 1.82) is 0 Å². The molecule has 0 aliphatic heterocycles. The molecular formula is C15H30N2O. The van der Waals surface area contributed by atoms with Gasteiger partial charge in [0.25, 0.3) is 0 Å². The SMILES string of the molecule is CCCCCCCCNC(=O)CC1(CN)CCC1. The van der Waals surface area contributed by atoms with Crippen molar-refractivity contribution in [3.8, 4) is 0 Å². The molecule has 1 saturated carbocycles. The molecule has 0 bridgehead atoms. The molecule has 0 aromatic carbocycles. The molecule has 0 aromatic rings. The summed E-state index contributed by atoms with van der Waals surface area (Å²) in [6.45, 7) is 3.73. The molecule has 0 atom stereocenters. The van der Waals surface area contributed by atoms with E-state index in [1.165, 1.54) is 38.5 Å². The van der Waals surface area contributed by atoms with Crippen molar-refractivity contribution in [3.63, 3.8) is 0 Å². The molecule has 0 radical (unpaired) electrons. The average Bonchev–Trinajstić information content (AvgIpc) is 2.33. The van der Waals surface area contributed by atoms with Crippen LogP contribution in [0.15, 0.2) is 0 Å². The number of nitrogens with two attached hydrogens (primary N) is 1. The first-order valence-corrected chi connectivity index (χ1v) is 7.69. The van der Waals surface area contributed by atoms with Gasteiger partial charge in [-0.2, -0.15) is 0 Å². The Morgan fingerprint density at radius 3 is 2.39 bits per heavy atom. The summed E-state index contributed by atoms with van der Waals surface area (Å²) >= 11 is 0. The van der Waals surface area contributed by atoms with Crippen molar-refractivity contribution in [2.75, 3.05) is 13.1 Å². The van der Waals surface area contributed by atoms with E-state index < -0.39 is 0 Å². The number of nitrogens with one attached hydrogen (secondary N) is 1. The minimum Gasteiger partial charge on any atom is -0.356 e. The van der Waals surface area contributed by atoms with Crippen molar-refractivity contribution < 1.29 is 4.79 Å². The van der Waals surface area contributed by atoms with Crippen LogP contribution < -0.4 is 11.1 Å². The summed E-state index contributed by atoms with van der Waals surface area (Å²) in [5, 5.41) is 3.04. The van der Waals surface area contributed by atoms with Gasteiger partial charge in [0.15, 0.2) is 0 Å². The van der Waals surface area contributed by atoms with Gasteiger partial charge in [0.05, 0.1) is 0 Å². The van der Waals surface area contributed by atoms with Gasteiger partial charge < -0.3 is 11.1 Å². The first-order valence-electron chi connectivity index (χ1n) is 7.69. The molecule has 1 rings (SSSR count). The van der Waals surface area contributed by atoms with Crippen LogP contribution in [0.4, 0.5) is 0 Å². The van der Waals surface area contributed by atoms with E-state index in [1.54, 1.807) is 0 Å². The molecule has 106 valence electrons. The lowest BCUT2D eigenvalue weighted by Gasteiger charge is -2.40. The van der Waals surface area contributed by atoms with Crippen molar-refractivity contribution in [1.82, 2.24) is 5.32 Å². The summed E-state index contributed by atoms with van der Waals surface area (Å²) in [4.78, 5) is 11.8. The van der Waals surface area contributed by atoms with Crippen molar-refractivity contribution in [3.05, 3.63) is 0 Å². The smallest absolute Gasteiger partial charge is 0.220 e.